The Labute approximate surface area is 422 Å². The Balaban J connectivity index is 3.06. The minimum atomic E-state index is 1.37. The predicted octanol–water partition coefficient (Wildman–Crippen LogP) is 26.0. The second-order valence-corrected chi connectivity index (χ2v) is 22.9. The van der Waals surface area contributed by atoms with E-state index in [1.807, 2.05) is 0 Å². The molecule has 0 aliphatic heterocycles. The highest BCUT2D eigenvalue weighted by Gasteiger charge is 2.00. The molecular formula is C66H134. The molecule has 0 fully saturated rings. The van der Waals surface area contributed by atoms with Crippen molar-refractivity contribution in [2.45, 2.75) is 425 Å². The summed E-state index contributed by atoms with van der Waals surface area (Å²) in [5.74, 6) is 0. The molecule has 0 unspecified atom stereocenters. The monoisotopic (exact) mass is 927 g/mol. The maximum Gasteiger partial charge on any atom is -0.0533 e. The summed E-state index contributed by atoms with van der Waals surface area (Å²) in [5.41, 5.74) is 0. The van der Waals surface area contributed by atoms with Crippen molar-refractivity contribution in [2.24, 2.45) is 0 Å². The van der Waals surface area contributed by atoms with Crippen LogP contribution in [0, 0.1) is 0 Å². The smallest absolute Gasteiger partial charge is 0.0533 e. The lowest BCUT2D eigenvalue weighted by Gasteiger charge is -2.05. The molecule has 0 saturated heterocycles. The molecule has 0 spiro atoms. The molecule has 0 aromatic heterocycles. The average Bonchev–Trinajstić information content (AvgIpc) is 3.33. The maximum absolute atomic E-state index is 2.31. The van der Waals surface area contributed by atoms with Crippen molar-refractivity contribution >= 4 is 0 Å². The van der Waals surface area contributed by atoms with Crippen molar-refractivity contribution in [3.63, 3.8) is 0 Å². The van der Waals surface area contributed by atoms with E-state index >= 15 is 0 Å². The molecule has 0 nitrogen and oxygen atoms in total. The first kappa shape index (κ1) is 66.0. The molecule has 0 heterocycles. The lowest BCUT2D eigenvalue weighted by molar-refractivity contribution is 0.506. The third-order valence-electron chi connectivity index (χ3n) is 16.0. The molecule has 0 bridgehead atoms. The van der Waals surface area contributed by atoms with E-state index in [1.54, 1.807) is 0 Å². The summed E-state index contributed by atoms with van der Waals surface area (Å²) in [6.45, 7) is 4.63. The molecule has 0 rings (SSSR count). The Hall–Kier alpha value is 0. The normalized spacial score (nSPS) is 11.7. The van der Waals surface area contributed by atoms with Crippen LogP contribution in [-0.2, 0) is 0 Å². The van der Waals surface area contributed by atoms with Crippen LogP contribution in [0.5, 0.6) is 0 Å². The molecule has 0 N–H and O–H groups in total. The molecule has 66 heavy (non-hydrogen) atoms. The fraction of sp³-hybridized carbons (Fsp3) is 1.00. The van der Waals surface area contributed by atoms with Gasteiger partial charge in [-0.15, -0.1) is 0 Å². The second kappa shape index (κ2) is 65.0. The van der Waals surface area contributed by atoms with Crippen molar-refractivity contribution in [3.05, 3.63) is 0 Å². The van der Waals surface area contributed by atoms with Crippen LogP contribution in [-0.4, -0.2) is 0 Å². The third kappa shape index (κ3) is 64.0. The molecular weight excluding hydrogens is 793 g/mol. The van der Waals surface area contributed by atoms with Gasteiger partial charge in [0.15, 0.2) is 0 Å². The van der Waals surface area contributed by atoms with Crippen molar-refractivity contribution in [1.29, 1.82) is 0 Å². The van der Waals surface area contributed by atoms with Crippen LogP contribution in [0.4, 0.5) is 0 Å². The SMILES string of the molecule is CCCCCCCCCCCCCCCCCCCCCCCCCCCCCCCCCCCCCCCCCCCCCCCCCCCCCCCCCCCCCCCCCC. The molecule has 0 amide bonds. The van der Waals surface area contributed by atoms with Gasteiger partial charge < -0.3 is 0 Å². The fourth-order valence-corrected chi connectivity index (χ4v) is 11.1. The molecule has 0 saturated carbocycles. The van der Waals surface area contributed by atoms with Crippen molar-refractivity contribution in [3.8, 4) is 0 Å². The Bertz CT molecular complexity index is 704. The zero-order chi connectivity index (χ0) is 47.3. The Kier molecular flexibility index (Phi) is 65.0. The van der Waals surface area contributed by atoms with Gasteiger partial charge in [-0.3, -0.25) is 0 Å². The van der Waals surface area contributed by atoms with Gasteiger partial charge in [0.25, 0.3) is 0 Å². The zero-order valence-corrected chi connectivity index (χ0v) is 47.3. The summed E-state index contributed by atoms with van der Waals surface area (Å²) in [7, 11) is 0. The minimum Gasteiger partial charge on any atom is -0.0654 e. The van der Waals surface area contributed by atoms with Crippen LogP contribution < -0.4 is 0 Å². The van der Waals surface area contributed by atoms with Crippen LogP contribution in [0.2, 0.25) is 0 Å². The van der Waals surface area contributed by atoms with Crippen LogP contribution in [0.25, 0.3) is 0 Å². The van der Waals surface area contributed by atoms with Gasteiger partial charge in [0.1, 0.15) is 0 Å². The Morgan fingerprint density at radius 3 is 0.167 bits per heavy atom. The molecule has 0 aromatic rings. The first-order valence-corrected chi connectivity index (χ1v) is 32.9. The van der Waals surface area contributed by atoms with Crippen LogP contribution in [0.15, 0.2) is 0 Å². The van der Waals surface area contributed by atoms with E-state index in [1.165, 1.54) is 411 Å². The largest absolute Gasteiger partial charge is 0.0654 e. The van der Waals surface area contributed by atoms with Gasteiger partial charge in [-0.1, -0.05) is 425 Å². The van der Waals surface area contributed by atoms with E-state index in [4.69, 9.17) is 0 Å². The van der Waals surface area contributed by atoms with E-state index in [9.17, 15) is 0 Å². The van der Waals surface area contributed by atoms with E-state index in [0.717, 1.165) is 0 Å². The summed E-state index contributed by atoms with van der Waals surface area (Å²) in [6, 6.07) is 0. The number of unbranched alkanes of at least 4 members (excludes halogenated alkanes) is 63. The highest BCUT2D eigenvalue weighted by Crippen LogP contribution is 2.20. The molecule has 0 radical (unpaired) electrons. The Morgan fingerprint density at radius 2 is 0.121 bits per heavy atom. The first-order valence-electron chi connectivity index (χ1n) is 32.9. The fourth-order valence-electron chi connectivity index (χ4n) is 11.1. The first-order chi connectivity index (χ1) is 32.9. The number of hydrogen-bond donors (Lipinski definition) is 0. The summed E-state index contributed by atoms with van der Waals surface area (Å²) in [4.78, 5) is 0. The lowest BCUT2D eigenvalue weighted by atomic mass is 10.0. The summed E-state index contributed by atoms with van der Waals surface area (Å²) >= 11 is 0. The molecule has 0 atom stereocenters. The summed E-state index contributed by atoms with van der Waals surface area (Å²) in [5, 5.41) is 0. The van der Waals surface area contributed by atoms with E-state index < -0.39 is 0 Å². The number of rotatable bonds is 63. The zero-order valence-electron chi connectivity index (χ0n) is 47.3. The predicted molar refractivity (Wildman–Crippen MR) is 307 cm³/mol. The average molecular weight is 928 g/mol. The highest BCUT2D eigenvalue weighted by atomic mass is 14.1. The molecule has 0 aromatic carbocycles. The van der Waals surface area contributed by atoms with E-state index in [-0.39, 0.29) is 0 Å². The van der Waals surface area contributed by atoms with E-state index in [0.29, 0.717) is 0 Å². The minimum absolute atomic E-state index is 1.37. The standard InChI is InChI=1S/C66H134/c1-3-5-7-9-11-13-15-17-19-21-23-25-27-29-31-33-35-37-39-41-43-45-47-49-51-53-55-57-59-61-63-65-66-64-62-60-58-56-54-52-50-48-46-44-42-40-38-36-34-32-30-28-26-24-22-20-18-16-14-12-10-8-6-4-2/h3-66H2,1-2H3. The number of hydrogen-bond acceptors (Lipinski definition) is 0. The van der Waals surface area contributed by atoms with Gasteiger partial charge >= 0.3 is 0 Å². The maximum atomic E-state index is 2.31. The molecule has 0 heteroatoms. The summed E-state index contributed by atoms with van der Waals surface area (Å²) < 4.78 is 0. The van der Waals surface area contributed by atoms with Crippen LogP contribution in [0.1, 0.15) is 425 Å². The van der Waals surface area contributed by atoms with Gasteiger partial charge in [-0.05, 0) is 0 Å². The lowest BCUT2D eigenvalue weighted by Crippen LogP contribution is -1.85. The van der Waals surface area contributed by atoms with E-state index in [2.05, 4.69) is 13.8 Å². The topological polar surface area (TPSA) is 0 Å². The van der Waals surface area contributed by atoms with Crippen LogP contribution in [0.3, 0.4) is 0 Å². The van der Waals surface area contributed by atoms with Crippen LogP contribution >= 0.6 is 0 Å². The highest BCUT2D eigenvalue weighted by molar-refractivity contribution is 4.56. The van der Waals surface area contributed by atoms with Gasteiger partial charge in [0.2, 0.25) is 0 Å². The van der Waals surface area contributed by atoms with Gasteiger partial charge in [-0.2, -0.15) is 0 Å². The molecule has 398 valence electrons. The van der Waals surface area contributed by atoms with Crippen molar-refractivity contribution < 1.29 is 0 Å². The quantitative estimate of drug-likeness (QED) is 0.0533. The van der Waals surface area contributed by atoms with Gasteiger partial charge in [0.05, 0.1) is 0 Å². The second-order valence-electron chi connectivity index (χ2n) is 22.9. The summed E-state index contributed by atoms with van der Waals surface area (Å²) in [6.07, 6.45) is 95.4. The van der Waals surface area contributed by atoms with Crippen molar-refractivity contribution in [1.82, 2.24) is 0 Å². The molecule has 0 aliphatic rings. The molecule has 0 aliphatic carbocycles. The van der Waals surface area contributed by atoms with Crippen molar-refractivity contribution in [2.75, 3.05) is 0 Å². The Morgan fingerprint density at radius 1 is 0.0758 bits per heavy atom. The van der Waals surface area contributed by atoms with Gasteiger partial charge in [0, 0.05) is 0 Å². The third-order valence-corrected chi connectivity index (χ3v) is 16.0. The van der Waals surface area contributed by atoms with Gasteiger partial charge in [-0.25, -0.2) is 0 Å².